The second-order valence-electron chi connectivity index (χ2n) is 8.62. The van der Waals surface area contributed by atoms with E-state index >= 15 is 0 Å². The average molecular weight is 427 g/mol. The molecule has 7 heteroatoms. The van der Waals surface area contributed by atoms with E-state index in [-0.39, 0.29) is 29.4 Å². The third-order valence-electron chi connectivity index (χ3n) is 6.65. The lowest BCUT2D eigenvalue weighted by atomic mass is 10.0. The van der Waals surface area contributed by atoms with Gasteiger partial charge < -0.3 is 15.2 Å². The van der Waals surface area contributed by atoms with Gasteiger partial charge in [0.25, 0.3) is 5.91 Å². The van der Waals surface area contributed by atoms with E-state index in [1.807, 2.05) is 23.1 Å². The van der Waals surface area contributed by atoms with Crippen LogP contribution in [0.5, 0.6) is 0 Å². The minimum Gasteiger partial charge on any atom is -0.367 e. The third-order valence-corrected chi connectivity index (χ3v) is 6.65. The second-order valence-corrected chi connectivity index (χ2v) is 8.62. The number of hydrogen-bond donors (Lipinski definition) is 2. The summed E-state index contributed by atoms with van der Waals surface area (Å²) in [6, 6.07) is 16.7. The molecule has 2 bridgehead atoms. The zero-order chi connectivity index (χ0) is 21.7. The zero-order valence-electron chi connectivity index (χ0n) is 17.3. The van der Waals surface area contributed by atoms with Crippen molar-refractivity contribution in [1.82, 2.24) is 19.9 Å². The molecule has 4 aromatic rings. The number of hydrogen-bond acceptors (Lipinski definition) is 4. The normalized spacial score (nSPS) is 21.9. The average Bonchev–Trinajstić information content (AvgIpc) is 3.52. The number of amides is 1. The van der Waals surface area contributed by atoms with Gasteiger partial charge in [0, 0.05) is 35.9 Å². The lowest BCUT2D eigenvalue weighted by Crippen LogP contribution is -2.47. The number of carbonyl (C=O) groups is 1. The fraction of sp³-hybridized carbons (Fsp3) is 0.240. The van der Waals surface area contributed by atoms with E-state index < -0.39 is 5.82 Å². The summed E-state index contributed by atoms with van der Waals surface area (Å²) >= 11 is 0. The van der Waals surface area contributed by atoms with E-state index in [0.717, 1.165) is 29.6 Å². The molecule has 6 nitrogen and oxygen atoms in total. The number of nitrogens with zero attached hydrogens (tertiary/aromatic N) is 3. The van der Waals surface area contributed by atoms with Crippen LogP contribution < -0.4 is 5.32 Å². The number of aromatic nitrogens is 3. The summed E-state index contributed by atoms with van der Waals surface area (Å²) in [6.07, 6.45) is 5.08. The molecular weight excluding hydrogens is 405 g/mol. The molecule has 2 aromatic heterocycles. The number of para-hydroxylation sites is 1. The van der Waals surface area contributed by atoms with Crippen molar-refractivity contribution in [3.63, 3.8) is 0 Å². The zero-order valence-corrected chi connectivity index (χ0v) is 17.3. The SMILES string of the molecule is O=C(c1cccc(F)c1-c1ncccn1)N1C[C@H]2C[C@@H](Nc3cc4ccccc4[nH]3)[C@@H]1C2. The molecule has 2 aromatic carbocycles. The summed E-state index contributed by atoms with van der Waals surface area (Å²) in [4.78, 5) is 27.3. The lowest BCUT2D eigenvalue weighted by Gasteiger charge is -2.34. The van der Waals surface area contributed by atoms with E-state index in [2.05, 4.69) is 32.4 Å². The Bertz CT molecular complexity index is 1270. The van der Waals surface area contributed by atoms with Crippen molar-refractivity contribution in [2.75, 3.05) is 11.9 Å². The lowest BCUT2D eigenvalue weighted by molar-refractivity contribution is 0.0692. The van der Waals surface area contributed by atoms with Crippen LogP contribution in [0.4, 0.5) is 10.2 Å². The minimum atomic E-state index is -0.487. The molecule has 1 saturated heterocycles. The van der Waals surface area contributed by atoms with Gasteiger partial charge in [0.2, 0.25) is 0 Å². The first-order chi connectivity index (χ1) is 15.7. The number of piperidine rings is 1. The molecule has 2 N–H and O–H groups in total. The van der Waals surface area contributed by atoms with Crippen LogP contribution in [-0.2, 0) is 0 Å². The van der Waals surface area contributed by atoms with Gasteiger partial charge in [-0.1, -0.05) is 24.3 Å². The number of fused-ring (bicyclic) bond motifs is 3. The molecule has 1 saturated carbocycles. The van der Waals surface area contributed by atoms with Crippen LogP contribution in [0.25, 0.3) is 22.3 Å². The maximum atomic E-state index is 14.8. The quantitative estimate of drug-likeness (QED) is 0.504. The molecule has 0 spiro atoms. The molecule has 1 amide bonds. The van der Waals surface area contributed by atoms with Gasteiger partial charge in [-0.15, -0.1) is 0 Å². The third kappa shape index (κ3) is 3.12. The molecular formula is C25H22FN5O. The predicted molar refractivity (Wildman–Crippen MR) is 121 cm³/mol. The maximum absolute atomic E-state index is 14.8. The Balaban J connectivity index is 1.28. The van der Waals surface area contributed by atoms with Crippen LogP contribution in [0.2, 0.25) is 0 Å². The Morgan fingerprint density at radius 2 is 1.91 bits per heavy atom. The van der Waals surface area contributed by atoms with Crippen molar-refractivity contribution in [3.8, 4) is 11.4 Å². The molecule has 3 heterocycles. The molecule has 1 aliphatic carbocycles. The van der Waals surface area contributed by atoms with Gasteiger partial charge in [-0.25, -0.2) is 14.4 Å². The smallest absolute Gasteiger partial charge is 0.255 e. The first-order valence-electron chi connectivity index (χ1n) is 10.9. The van der Waals surface area contributed by atoms with Crippen LogP contribution in [0.3, 0.4) is 0 Å². The van der Waals surface area contributed by atoms with E-state index in [4.69, 9.17) is 0 Å². The molecule has 0 radical (unpaired) electrons. The van der Waals surface area contributed by atoms with Crippen molar-refractivity contribution in [2.45, 2.75) is 24.9 Å². The fourth-order valence-electron chi connectivity index (χ4n) is 5.28. The standard InChI is InChI=1S/C25H22FN5O/c26-18-7-3-6-17(23(18)24-27-9-4-10-28-24)25(32)31-14-15-11-20(21(31)12-15)30-22-13-16-5-1-2-8-19(16)29-22/h1-10,13,15,20-21,29-30H,11-12,14H2/t15-,20+,21-/m0/s1. The number of nitrogens with one attached hydrogen (secondary N) is 2. The second kappa shape index (κ2) is 7.44. The number of H-pyrrole nitrogens is 1. The summed E-state index contributed by atoms with van der Waals surface area (Å²) < 4.78 is 14.8. The topological polar surface area (TPSA) is 73.9 Å². The Kier molecular flexibility index (Phi) is 4.41. The number of aromatic amines is 1. The van der Waals surface area contributed by atoms with E-state index in [1.54, 1.807) is 30.6 Å². The molecule has 2 aliphatic rings. The first kappa shape index (κ1) is 19.0. The van der Waals surface area contributed by atoms with Gasteiger partial charge in [0.15, 0.2) is 5.82 Å². The monoisotopic (exact) mass is 427 g/mol. The van der Waals surface area contributed by atoms with Crippen LogP contribution in [0.1, 0.15) is 23.2 Å². The van der Waals surface area contributed by atoms with E-state index in [1.165, 1.54) is 6.07 Å². The summed E-state index contributed by atoms with van der Waals surface area (Å²) in [5.41, 5.74) is 1.56. The number of carbonyl (C=O) groups excluding carboxylic acids is 1. The number of anilines is 1. The number of halogens is 1. The van der Waals surface area contributed by atoms with Crippen LogP contribution in [0.15, 0.2) is 67.0 Å². The highest BCUT2D eigenvalue weighted by Crippen LogP contribution is 2.41. The van der Waals surface area contributed by atoms with Gasteiger partial charge in [0.05, 0.1) is 17.2 Å². The highest BCUT2D eigenvalue weighted by molar-refractivity contribution is 6.00. The molecule has 1 aliphatic heterocycles. The highest BCUT2D eigenvalue weighted by Gasteiger charge is 2.47. The number of rotatable bonds is 4. The Hall–Kier alpha value is -3.74. The van der Waals surface area contributed by atoms with Crippen molar-refractivity contribution in [2.24, 2.45) is 5.92 Å². The predicted octanol–water partition coefficient (Wildman–Crippen LogP) is 4.48. The van der Waals surface area contributed by atoms with Gasteiger partial charge in [0.1, 0.15) is 11.6 Å². The van der Waals surface area contributed by atoms with Crippen molar-refractivity contribution >= 4 is 22.6 Å². The summed E-state index contributed by atoms with van der Waals surface area (Å²) in [5.74, 6) is 0.976. The summed E-state index contributed by atoms with van der Waals surface area (Å²) in [6.45, 7) is 0.694. The Morgan fingerprint density at radius 1 is 1.06 bits per heavy atom. The van der Waals surface area contributed by atoms with Crippen molar-refractivity contribution in [3.05, 3.63) is 78.4 Å². The van der Waals surface area contributed by atoms with Crippen molar-refractivity contribution < 1.29 is 9.18 Å². The summed E-state index contributed by atoms with van der Waals surface area (Å²) in [5, 5.41) is 4.76. The number of likely N-dealkylation sites (tertiary alicyclic amines) is 1. The summed E-state index contributed by atoms with van der Waals surface area (Å²) in [7, 11) is 0. The van der Waals surface area contributed by atoms with E-state index in [0.29, 0.717) is 18.0 Å². The molecule has 3 atom stereocenters. The van der Waals surface area contributed by atoms with Crippen LogP contribution >= 0.6 is 0 Å². The maximum Gasteiger partial charge on any atom is 0.255 e. The molecule has 6 rings (SSSR count). The number of benzene rings is 2. The van der Waals surface area contributed by atoms with E-state index in [9.17, 15) is 9.18 Å². The Morgan fingerprint density at radius 3 is 2.72 bits per heavy atom. The highest BCUT2D eigenvalue weighted by atomic mass is 19.1. The molecule has 2 fully saturated rings. The van der Waals surface area contributed by atoms with Gasteiger partial charge in [-0.05, 0) is 49.1 Å². The molecule has 160 valence electrons. The molecule has 0 unspecified atom stereocenters. The van der Waals surface area contributed by atoms with Gasteiger partial charge in [-0.2, -0.15) is 0 Å². The van der Waals surface area contributed by atoms with Gasteiger partial charge >= 0.3 is 0 Å². The minimum absolute atomic E-state index is 0.0618. The fourth-order valence-corrected chi connectivity index (χ4v) is 5.28. The van der Waals surface area contributed by atoms with Crippen molar-refractivity contribution in [1.29, 1.82) is 0 Å². The Labute approximate surface area is 184 Å². The van der Waals surface area contributed by atoms with Crippen LogP contribution in [0, 0.1) is 11.7 Å². The largest absolute Gasteiger partial charge is 0.367 e. The first-order valence-corrected chi connectivity index (χ1v) is 10.9. The van der Waals surface area contributed by atoms with Gasteiger partial charge in [-0.3, -0.25) is 4.79 Å². The van der Waals surface area contributed by atoms with Crippen LogP contribution in [-0.4, -0.2) is 44.4 Å². The molecule has 32 heavy (non-hydrogen) atoms.